The molecule has 0 bridgehead atoms. The van der Waals surface area contributed by atoms with Crippen LogP contribution in [0.1, 0.15) is 18.4 Å². The van der Waals surface area contributed by atoms with Crippen molar-refractivity contribution in [2.24, 2.45) is 0 Å². The van der Waals surface area contributed by atoms with Gasteiger partial charge < -0.3 is 19.8 Å². The van der Waals surface area contributed by atoms with Crippen molar-refractivity contribution in [3.63, 3.8) is 0 Å². The molecule has 100 valence electrons. The predicted octanol–water partition coefficient (Wildman–Crippen LogP) is 1.68. The van der Waals surface area contributed by atoms with Gasteiger partial charge in [-0.05, 0) is 31.4 Å². The molecular formula is C14H21NO3. The molecule has 2 rings (SSSR count). The molecule has 4 nitrogen and oxygen atoms in total. The van der Waals surface area contributed by atoms with Crippen LogP contribution in [-0.2, 0) is 4.74 Å². The Morgan fingerprint density at radius 2 is 2.06 bits per heavy atom. The third kappa shape index (κ3) is 3.15. The topological polar surface area (TPSA) is 52.9 Å². The highest BCUT2D eigenvalue weighted by atomic mass is 16.5. The number of aliphatic hydroxyl groups is 1. The highest BCUT2D eigenvalue weighted by Gasteiger charge is 2.20. The quantitative estimate of drug-likeness (QED) is 0.855. The highest BCUT2D eigenvalue weighted by molar-refractivity contribution is 5.53. The van der Waals surface area contributed by atoms with Crippen molar-refractivity contribution in [2.75, 3.05) is 31.2 Å². The average molecular weight is 251 g/mol. The first-order valence-corrected chi connectivity index (χ1v) is 6.47. The van der Waals surface area contributed by atoms with Crippen LogP contribution in [0, 0.1) is 6.92 Å². The number of aliphatic hydroxyl groups excluding tert-OH is 1. The van der Waals surface area contributed by atoms with Gasteiger partial charge in [0.15, 0.2) is 0 Å². The summed E-state index contributed by atoms with van der Waals surface area (Å²) in [6.45, 7) is 4.27. The molecule has 0 amide bonds. The number of phenols is 1. The molecule has 1 fully saturated rings. The molecular weight excluding hydrogens is 230 g/mol. The molecule has 1 heterocycles. The zero-order valence-corrected chi connectivity index (χ0v) is 10.8. The van der Waals surface area contributed by atoms with E-state index in [4.69, 9.17) is 9.84 Å². The molecule has 4 heteroatoms. The molecule has 0 atom stereocenters. The van der Waals surface area contributed by atoms with Gasteiger partial charge in [-0.3, -0.25) is 0 Å². The van der Waals surface area contributed by atoms with E-state index < -0.39 is 0 Å². The molecule has 0 spiro atoms. The van der Waals surface area contributed by atoms with Crippen molar-refractivity contribution in [1.29, 1.82) is 0 Å². The van der Waals surface area contributed by atoms with Crippen LogP contribution in [0.15, 0.2) is 18.2 Å². The lowest BCUT2D eigenvalue weighted by atomic mass is 10.1. The lowest BCUT2D eigenvalue weighted by molar-refractivity contribution is 0.0159. The Balaban J connectivity index is 1.90. The fraction of sp³-hybridized carbons (Fsp3) is 0.571. The first-order chi connectivity index (χ1) is 8.70. The lowest BCUT2D eigenvalue weighted by Gasteiger charge is -2.33. The van der Waals surface area contributed by atoms with Crippen molar-refractivity contribution in [3.05, 3.63) is 23.8 Å². The minimum atomic E-state index is 0.0893. The molecule has 1 aliphatic rings. The third-order valence-corrected chi connectivity index (χ3v) is 3.44. The van der Waals surface area contributed by atoms with Crippen molar-refractivity contribution in [2.45, 2.75) is 25.9 Å². The predicted molar refractivity (Wildman–Crippen MR) is 71.1 cm³/mol. The van der Waals surface area contributed by atoms with E-state index in [2.05, 4.69) is 4.90 Å². The number of hydrogen-bond acceptors (Lipinski definition) is 4. The second-order valence-electron chi connectivity index (χ2n) is 4.75. The van der Waals surface area contributed by atoms with E-state index in [-0.39, 0.29) is 12.7 Å². The van der Waals surface area contributed by atoms with Crippen molar-refractivity contribution in [3.8, 4) is 5.75 Å². The zero-order chi connectivity index (χ0) is 13.0. The van der Waals surface area contributed by atoms with E-state index in [1.165, 1.54) is 0 Å². The number of nitrogens with zero attached hydrogens (tertiary/aromatic N) is 1. The van der Waals surface area contributed by atoms with Crippen LogP contribution in [0.5, 0.6) is 5.75 Å². The zero-order valence-electron chi connectivity index (χ0n) is 10.8. The minimum absolute atomic E-state index is 0.0893. The van der Waals surface area contributed by atoms with Gasteiger partial charge in [0.2, 0.25) is 0 Å². The highest BCUT2D eigenvalue weighted by Crippen LogP contribution is 2.26. The largest absolute Gasteiger partial charge is 0.508 e. The second-order valence-corrected chi connectivity index (χ2v) is 4.75. The molecule has 1 aliphatic heterocycles. The molecule has 0 radical (unpaired) electrons. The molecule has 1 aromatic carbocycles. The van der Waals surface area contributed by atoms with Gasteiger partial charge in [0.25, 0.3) is 0 Å². The first-order valence-electron chi connectivity index (χ1n) is 6.47. The smallest absolute Gasteiger partial charge is 0.120 e. The summed E-state index contributed by atoms with van der Waals surface area (Å²) in [6, 6.07) is 5.81. The van der Waals surface area contributed by atoms with Crippen LogP contribution < -0.4 is 4.90 Å². The number of hydrogen-bond donors (Lipinski definition) is 2. The van der Waals surface area contributed by atoms with Gasteiger partial charge in [0, 0.05) is 24.8 Å². The van der Waals surface area contributed by atoms with Crippen LogP contribution in [0.4, 0.5) is 5.69 Å². The Bertz CT molecular complexity index is 387. The van der Waals surface area contributed by atoms with E-state index in [0.717, 1.165) is 37.2 Å². The number of aromatic hydroxyl groups is 1. The normalized spacial score (nSPS) is 17.1. The van der Waals surface area contributed by atoms with Crippen molar-refractivity contribution >= 4 is 5.69 Å². The number of ether oxygens (including phenoxy) is 1. The number of phenolic OH excluding ortho intramolecular Hbond substituents is 1. The number of aryl methyl sites for hydroxylation is 1. The number of benzene rings is 1. The van der Waals surface area contributed by atoms with E-state index in [1.807, 2.05) is 25.1 Å². The standard InChI is InChI=1S/C14H21NO3/c1-11-2-3-12(10-14(11)17)15-6-4-13(5-7-15)18-9-8-16/h2-3,10,13,16-17H,4-9H2,1H3. The summed E-state index contributed by atoms with van der Waals surface area (Å²) >= 11 is 0. The maximum Gasteiger partial charge on any atom is 0.120 e. The summed E-state index contributed by atoms with van der Waals surface area (Å²) in [4.78, 5) is 2.26. The molecule has 0 aromatic heterocycles. The SMILES string of the molecule is Cc1ccc(N2CCC(OCCO)CC2)cc1O. The molecule has 1 saturated heterocycles. The fourth-order valence-corrected chi connectivity index (χ4v) is 2.29. The maximum atomic E-state index is 9.72. The minimum Gasteiger partial charge on any atom is -0.508 e. The van der Waals surface area contributed by atoms with E-state index in [1.54, 1.807) is 0 Å². The van der Waals surface area contributed by atoms with Crippen LogP contribution in [0.25, 0.3) is 0 Å². The van der Waals surface area contributed by atoms with Crippen molar-refractivity contribution in [1.82, 2.24) is 0 Å². The summed E-state index contributed by atoms with van der Waals surface area (Å²) in [5.41, 5.74) is 1.97. The molecule has 0 aliphatic carbocycles. The van der Waals surface area contributed by atoms with Crippen molar-refractivity contribution < 1.29 is 14.9 Å². The van der Waals surface area contributed by atoms with E-state index in [0.29, 0.717) is 12.4 Å². The Morgan fingerprint density at radius 3 is 2.67 bits per heavy atom. The van der Waals surface area contributed by atoms with Crippen LogP contribution >= 0.6 is 0 Å². The maximum absolute atomic E-state index is 9.72. The summed E-state index contributed by atoms with van der Waals surface area (Å²) in [5, 5.41) is 18.4. The number of piperidine rings is 1. The summed E-state index contributed by atoms with van der Waals surface area (Å²) in [5.74, 6) is 0.353. The number of anilines is 1. The van der Waals surface area contributed by atoms with Crippen LogP contribution in [-0.4, -0.2) is 42.6 Å². The van der Waals surface area contributed by atoms with Gasteiger partial charge in [-0.15, -0.1) is 0 Å². The van der Waals surface area contributed by atoms with Crippen LogP contribution in [0.3, 0.4) is 0 Å². The van der Waals surface area contributed by atoms with E-state index in [9.17, 15) is 5.11 Å². The van der Waals surface area contributed by atoms with Crippen LogP contribution in [0.2, 0.25) is 0 Å². The molecule has 0 saturated carbocycles. The van der Waals surface area contributed by atoms with E-state index >= 15 is 0 Å². The Kier molecular flexibility index (Phi) is 4.44. The van der Waals surface area contributed by atoms with Gasteiger partial charge in [-0.1, -0.05) is 6.07 Å². The second kappa shape index (κ2) is 6.07. The Labute approximate surface area is 108 Å². The molecule has 18 heavy (non-hydrogen) atoms. The molecule has 0 unspecified atom stereocenters. The van der Waals surface area contributed by atoms with Gasteiger partial charge in [-0.25, -0.2) is 0 Å². The van der Waals surface area contributed by atoms with Gasteiger partial charge in [0.05, 0.1) is 19.3 Å². The lowest BCUT2D eigenvalue weighted by Crippen LogP contribution is -2.37. The molecule has 2 N–H and O–H groups in total. The average Bonchev–Trinajstić information content (AvgIpc) is 2.40. The monoisotopic (exact) mass is 251 g/mol. The number of rotatable bonds is 4. The molecule has 1 aromatic rings. The fourth-order valence-electron chi connectivity index (χ4n) is 2.29. The third-order valence-electron chi connectivity index (χ3n) is 3.44. The van der Waals surface area contributed by atoms with Gasteiger partial charge >= 0.3 is 0 Å². The Hall–Kier alpha value is -1.26. The first kappa shape index (κ1) is 13.2. The van der Waals surface area contributed by atoms with Gasteiger partial charge in [0.1, 0.15) is 5.75 Å². The van der Waals surface area contributed by atoms with Gasteiger partial charge in [-0.2, -0.15) is 0 Å². The Morgan fingerprint density at radius 1 is 1.33 bits per heavy atom. The summed E-state index contributed by atoms with van der Waals surface area (Å²) in [6.07, 6.45) is 2.19. The summed E-state index contributed by atoms with van der Waals surface area (Å²) < 4.78 is 5.53. The summed E-state index contributed by atoms with van der Waals surface area (Å²) in [7, 11) is 0.